The van der Waals surface area contributed by atoms with Crippen molar-refractivity contribution in [3.05, 3.63) is 95.7 Å². The molecule has 3 aromatic carbocycles. The smallest absolute Gasteiger partial charge is 0.406 e. The molecule has 184 valence electrons. The molecule has 0 atom stereocenters. The lowest BCUT2D eigenvalue weighted by atomic mass is 10.2. The Hall–Kier alpha value is -4.60. The number of aromatic nitrogens is 2. The van der Waals surface area contributed by atoms with E-state index in [0.29, 0.717) is 23.1 Å². The van der Waals surface area contributed by atoms with E-state index in [2.05, 4.69) is 30.7 Å². The van der Waals surface area contributed by atoms with Gasteiger partial charge in [0.05, 0.1) is 0 Å². The van der Waals surface area contributed by atoms with Crippen molar-refractivity contribution < 1.29 is 22.7 Å². The topological polar surface area (TPSA) is 88.2 Å². The number of nitrogens with one attached hydrogen (secondary N) is 3. The first-order valence-corrected chi connectivity index (χ1v) is 10.9. The highest BCUT2D eigenvalue weighted by molar-refractivity contribution is 6.04. The molecule has 0 aliphatic carbocycles. The normalized spacial score (nSPS) is 11.0. The predicted octanol–water partition coefficient (Wildman–Crippen LogP) is 6.73. The van der Waals surface area contributed by atoms with Crippen molar-refractivity contribution >= 4 is 34.7 Å². The summed E-state index contributed by atoms with van der Waals surface area (Å²) in [6.07, 6.45) is -4.84. The second-order valence-electron chi connectivity index (χ2n) is 7.94. The number of amides is 1. The van der Waals surface area contributed by atoms with E-state index < -0.39 is 18.0 Å². The highest BCUT2D eigenvalue weighted by Gasteiger charge is 2.31. The molecule has 0 radical (unpaired) electrons. The maximum Gasteiger partial charge on any atom is 0.573 e. The Morgan fingerprint density at radius 3 is 2.14 bits per heavy atom. The van der Waals surface area contributed by atoms with Crippen LogP contribution in [-0.2, 0) is 0 Å². The van der Waals surface area contributed by atoms with E-state index in [1.807, 2.05) is 38.1 Å². The van der Waals surface area contributed by atoms with E-state index in [4.69, 9.17) is 0 Å². The number of carbonyl (C=O) groups is 1. The molecule has 0 saturated carbocycles. The van der Waals surface area contributed by atoms with Gasteiger partial charge in [-0.25, -0.2) is 4.98 Å². The Morgan fingerprint density at radius 1 is 0.806 bits per heavy atom. The van der Waals surface area contributed by atoms with Gasteiger partial charge < -0.3 is 20.7 Å². The van der Waals surface area contributed by atoms with Crippen molar-refractivity contribution in [1.82, 2.24) is 9.97 Å². The second-order valence-corrected chi connectivity index (χ2v) is 7.94. The molecule has 1 heterocycles. The number of anilines is 5. The summed E-state index contributed by atoms with van der Waals surface area (Å²) in [5.74, 6) is -0.00925. The van der Waals surface area contributed by atoms with Crippen LogP contribution in [0.3, 0.4) is 0 Å². The van der Waals surface area contributed by atoms with Crippen LogP contribution in [0.4, 0.5) is 42.0 Å². The summed E-state index contributed by atoms with van der Waals surface area (Å²) in [6.45, 7) is 3.87. The van der Waals surface area contributed by atoms with Crippen LogP contribution in [0.2, 0.25) is 0 Å². The molecule has 3 N–H and O–H groups in total. The third kappa shape index (κ3) is 6.95. The van der Waals surface area contributed by atoms with Gasteiger partial charge in [0.1, 0.15) is 11.6 Å². The second kappa shape index (κ2) is 10.3. The minimum absolute atomic E-state index is 0.0315. The number of ether oxygens (including phenoxy) is 1. The Kier molecular flexibility index (Phi) is 7.05. The molecule has 7 nitrogen and oxygen atoms in total. The molecule has 0 aliphatic rings. The van der Waals surface area contributed by atoms with Gasteiger partial charge in [-0.1, -0.05) is 23.8 Å². The average Bonchev–Trinajstić information content (AvgIpc) is 2.80. The van der Waals surface area contributed by atoms with Crippen molar-refractivity contribution in [3.8, 4) is 5.75 Å². The molecule has 36 heavy (non-hydrogen) atoms. The summed E-state index contributed by atoms with van der Waals surface area (Å²) >= 11 is 0. The van der Waals surface area contributed by atoms with Crippen molar-refractivity contribution in [2.24, 2.45) is 0 Å². The fraction of sp³-hybridized carbons (Fsp3) is 0.115. The first kappa shape index (κ1) is 24.5. The van der Waals surface area contributed by atoms with Gasteiger partial charge in [-0.3, -0.25) is 4.79 Å². The highest BCUT2D eigenvalue weighted by atomic mass is 19.4. The molecule has 0 spiro atoms. The van der Waals surface area contributed by atoms with Crippen LogP contribution in [0.25, 0.3) is 0 Å². The molecule has 0 fully saturated rings. The molecule has 0 unspecified atom stereocenters. The zero-order valence-corrected chi connectivity index (χ0v) is 19.4. The van der Waals surface area contributed by atoms with Crippen molar-refractivity contribution in [3.63, 3.8) is 0 Å². The fourth-order valence-electron chi connectivity index (χ4n) is 3.28. The quantitative estimate of drug-likeness (QED) is 0.265. The summed E-state index contributed by atoms with van der Waals surface area (Å²) in [7, 11) is 0. The number of hydrogen-bond donors (Lipinski definition) is 3. The lowest BCUT2D eigenvalue weighted by Crippen LogP contribution is -2.18. The molecule has 0 bridgehead atoms. The first-order valence-electron chi connectivity index (χ1n) is 10.9. The fourth-order valence-corrected chi connectivity index (χ4v) is 3.28. The van der Waals surface area contributed by atoms with Crippen LogP contribution in [0, 0.1) is 13.8 Å². The molecule has 0 saturated heterocycles. The number of nitrogens with zero attached hydrogens (tertiary/aromatic N) is 2. The van der Waals surface area contributed by atoms with E-state index in [0.717, 1.165) is 29.1 Å². The zero-order valence-electron chi connectivity index (χ0n) is 19.4. The lowest BCUT2D eigenvalue weighted by Gasteiger charge is -2.12. The molecular weight excluding hydrogens is 471 g/mol. The third-order valence-electron chi connectivity index (χ3n) is 4.91. The standard InChI is InChI=1S/C26H22F3N5O2/c1-16-6-8-21(9-7-16)33-25-30-17(2)14-23(34-25)31-19-10-12-20(13-11-19)32-24(35)18-4-3-5-22(15-18)36-26(27,28)29/h3-15H,1-2H3,(H,32,35)(H2,30,31,33,34). The monoisotopic (exact) mass is 493 g/mol. The Bertz CT molecular complexity index is 1360. The number of carbonyl (C=O) groups excluding carboxylic acids is 1. The van der Waals surface area contributed by atoms with Crippen LogP contribution >= 0.6 is 0 Å². The summed E-state index contributed by atoms with van der Waals surface area (Å²) in [4.78, 5) is 21.4. The minimum atomic E-state index is -4.84. The van der Waals surface area contributed by atoms with Crippen LogP contribution in [-0.4, -0.2) is 22.2 Å². The summed E-state index contributed by atoms with van der Waals surface area (Å²) in [6, 6.07) is 21.3. The Labute approximate surface area is 205 Å². The maximum absolute atomic E-state index is 12.5. The van der Waals surface area contributed by atoms with Gasteiger partial charge in [0.15, 0.2) is 0 Å². The maximum atomic E-state index is 12.5. The molecule has 10 heteroatoms. The lowest BCUT2D eigenvalue weighted by molar-refractivity contribution is -0.274. The largest absolute Gasteiger partial charge is 0.573 e. The molecule has 0 aliphatic heterocycles. The zero-order chi connectivity index (χ0) is 25.7. The van der Waals surface area contributed by atoms with Gasteiger partial charge in [0.25, 0.3) is 5.91 Å². The van der Waals surface area contributed by atoms with Crippen molar-refractivity contribution in [2.75, 3.05) is 16.0 Å². The van der Waals surface area contributed by atoms with Crippen LogP contribution in [0.1, 0.15) is 21.6 Å². The van der Waals surface area contributed by atoms with E-state index >= 15 is 0 Å². The van der Waals surface area contributed by atoms with Crippen LogP contribution in [0.5, 0.6) is 5.75 Å². The minimum Gasteiger partial charge on any atom is -0.406 e. The third-order valence-corrected chi connectivity index (χ3v) is 4.91. The van der Waals surface area contributed by atoms with Crippen molar-refractivity contribution in [2.45, 2.75) is 20.2 Å². The molecular formula is C26H22F3N5O2. The molecule has 4 aromatic rings. The number of halogens is 3. The van der Waals surface area contributed by atoms with Gasteiger partial charge >= 0.3 is 6.36 Å². The van der Waals surface area contributed by atoms with Gasteiger partial charge in [-0.2, -0.15) is 4.98 Å². The number of rotatable bonds is 7. The Balaban J connectivity index is 1.40. The van der Waals surface area contributed by atoms with E-state index in [1.54, 1.807) is 30.3 Å². The van der Waals surface area contributed by atoms with Crippen LogP contribution < -0.4 is 20.7 Å². The highest BCUT2D eigenvalue weighted by Crippen LogP contribution is 2.25. The number of hydrogen-bond acceptors (Lipinski definition) is 6. The Morgan fingerprint density at radius 2 is 1.44 bits per heavy atom. The molecule has 1 amide bonds. The van der Waals surface area contributed by atoms with Gasteiger partial charge in [-0.15, -0.1) is 13.2 Å². The van der Waals surface area contributed by atoms with Gasteiger partial charge in [-0.05, 0) is 68.4 Å². The summed E-state index contributed by atoms with van der Waals surface area (Å²) in [5, 5.41) is 9.02. The predicted molar refractivity (Wildman–Crippen MR) is 132 cm³/mol. The van der Waals surface area contributed by atoms with Gasteiger partial charge in [0, 0.05) is 34.4 Å². The van der Waals surface area contributed by atoms with Crippen LogP contribution in [0.15, 0.2) is 78.9 Å². The average molecular weight is 493 g/mol. The van der Waals surface area contributed by atoms with Crippen molar-refractivity contribution in [1.29, 1.82) is 0 Å². The molecule has 1 aromatic heterocycles. The summed E-state index contributed by atoms with van der Waals surface area (Å²) < 4.78 is 41.2. The SMILES string of the molecule is Cc1ccc(Nc2nc(C)cc(Nc3ccc(NC(=O)c4cccc(OC(F)(F)F)c4)cc3)n2)cc1. The van der Waals surface area contributed by atoms with E-state index in [9.17, 15) is 18.0 Å². The number of benzene rings is 3. The number of aryl methyl sites for hydroxylation is 2. The first-order chi connectivity index (χ1) is 17.1. The molecule has 4 rings (SSSR count). The van der Waals surface area contributed by atoms with E-state index in [-0.39, 0.29) is 5.56 Å². The van der Waals surface area contributed by atoms with Gasteiger partial charge in [0.2, 0.25) is 5.95 Å². The number of alkyl halides is 3. The summed E-state index contributed by atoms with van der Waals surface area (Å²) in [5.41, 5.74) is 4.00. The van der Waals surface area contributed by atoms with E-state index in [1.165, 1.54) is 12.1 Å².